The molecule has 1 atom stereocenters. The van der Waals surface area contributed by atoms with E-state index in [1.54, 1.807) is 0 Å². The Morgan fingerprint density at radius 2 is 2.27 bits per heavy atom. The van der Waals surface area contributed by atoms with Crippen LogP contribution in [0.1, 0.15) is 39.5 Å². The van der Waals surface area contributed by atoms with Gasteiger partial charge in [0.05, 0.1) is 0 Å². The minimum Gasteiger partial charge on any atom is -0.340 e. The van der Waals surface area contributed by atoms with E-state index in [0.29, 0.717) is 18.4 Å². The number of carbonyl (C=O) groups excluding carboxylic acids is 1. The first-order valence-electron chi connectivity index (χ1n) is 4.55. The fraction of sp³-hybridized carbons (Fsp3) is 0.889. The fourth-order valence-corrected chi connectivity index (χ4v) is 1.67. The van der Waals surface area contributed by atoms with Gasteiger partial charge in [0.15, 0.2) is 0 Å². The molecule has 1 saturated heterocycles. The minimum atomic E-state index is 0.317. The Labute approximate surface area is 68.6 Å². The van der Waals surface area contributed by atoms with Crippen LogP contribution in [0.25, 0.3) is 0 Å². The van der Waals surface area contributed by atoms with E-state index in [0.717, 1.165) is 6.54 Å². The maximum atomic E-state index is 11.3. The first-order valence-corrected chi connectivity index (χ1v) is 4.55. The van der Waals surface area contributed by atoms with E-state index >= 15 is 0 Å². The summed E-state index contributed by atoms with van der Waals surface area (Å²) in [5.74, 6) is 0.317. The van der Waals surface area contributed by atoms with Crippen molar-refractivity contribution in [1.82, 2.24) is 4.90 Å². The molecule has 0 bridgehead atoms. The summed E-state index contributed by atoms with van der Waals surface area (Å²) >= 11 is 0. The predicted molar refractivity (Wildman–Crippen MR) is 45.3 cm³/mol. The monoisotopic (exact) mass is 155 g/mol. The topological polar surface area (TPSA) is 20.3 Å². The lowest BCUT2D eigenvalue weighted by Gasteiger charge is -2.33. The van der Waals surface area contributed by atoms with Crippen molar-refractivity contribution in [1.29, 1.82) is 0 Å². The van der Waals surface area contributed by atoms with Crippen LogP contribution in [0.3, 0.4) is 0 Å². The summed E-state index contributed by atoms with van der Waals surface area (Å²) in [5.41, 5.74) is 0. The lowest BCUT2D eigenvalue weighted by atomic mass is 10.0. The Morgan fingerprint density at radius 1 is 1.55 bits per heavy atom. The van der Waals surface area contributed by atoms with Crippen LogP contribution < -0.4 is 0 Å². The van der Waals surface area contributed by atoms with Crippen molar-refractivity contribution in [2.75, 3.05) is 6.54 Å². The van der Waals surface area contributed by atoms with Crippen LogP contribution in [0, 0.1) is 0 Å². The Bertz CT molecular complexity index is 144. The van der Waals surface area contributed by atoms with Gasteiger partial charge in [0.1, 0.15) is 0 Å². The Hall–Kier alpha value is -0.530. The number of nitrogens with zero attached hydrogens (tertiary/aromatic N) is 1. The number of piperidine rings is 1. The molecule has 2 heteroatoms. The highest BCUT2D eigenvalue weighted by Gasteiger charge is 2.21. The summed E-state index contributed by atoms with van der Waals surface area (Å²) < 4.78 is 0. The largest absolute Gasteiger partial charge is 0.340 e. The summed E-state index contributed by atoms with van der Waals surface area (Å²) in [6, 6.07) is 0.483. The van der Waals surface area contributed by atoms with Gasteiger partial charge >= 0.3 is 0 Å². The normalized spacial score (nSPS) is 25.3. The van der Waals surface area contributed by atoms with E-state index in [4.69, 9.17) is 0 Å². The number of amides is 1. The lowest BCUT2D eigenvalue weighted by Crippen LogP contribution is -2.41. The van der Waals surface area contributed by atoms with Crippen molar-refractivity contribution in [2.24, 2.45) is 0 Å². The average Bonchev–Trinajstić information content (AvgIpc) is 2.04. The second kappa shape index (κ2) is 3.74. The zero-order valence-corrected chi connectivity index (χ0v) is 7.47. The third kappa shape index (κ3) is 1.95. The van der Waals surface area contributed by atoms with Crippen molar-refractivity contribution in [3.8, 4) is 0 Å². The number of hydrogen-bond acceptors (Lipinski definition) is 1. The zero-order chi connectivity index (χ0) is 8.27. The molecule has 0 aromatic rings. The van der Waals surface area contributed by atoms with Crippen molar-refractivity contribution in [3.63, 3.8) is 0 Å². The lowest BCUT2D eigenvalue weighted by molar-refractivity contribution is -0.134. The molecular formula is C9H17NO. The predicted octanol–water partition coefficient (Wildman–Crippen LogP) is 1.80. The Morgan fingerprint density at radius 3 is 2.82 bits per heavy atom. The molecule has 0 aliphatic carbocycles. The highest BCUT2D eigenvalue weighted by molar-refractivity contribution is 5.76. The summed E-state index contributed by atoms with van der Waals surface area (Å²) in [6.45, 7) is 5.06. The van der Waals surface area contributed by atoms with Gasteiger partial charge in [-0.1, -0.05) is 6.92 Å². The number of likely N-dealkylation sites (tertiary alicyclic amines) is 1. The van der Waals surface area contributed by atoms with Gasteiger partial charge in [0, 0.05) is 19.0 Å². The molecule has 2 nitrogen and oxygen atoms in total. The van der Waals surface area contributed by atoms with E-state index < -0.39 is 0 Å². The van der Waals surface area contributed by atoms with E-state index in [-0.39, 0.29) is 0 Å². The molecular weight excluding hydrogens is 138 g/mol. The molecule has 1 fully saturated rings. The van der Waals surface area contributed by atoms with Gasteiger partial charge < -0.3 is 4.90 Å². The Balaban J connectivity index is 2.47. The SMILES string of the molecule is CCC(=O)N1CCCC[C@H]1C. The van der Waals surface area contributed by atoms with Crippen molar-refractivity contribution in [3.05, 3.63) is 0 Å². The molecule has 0 spiro atoms. The molecule has 64 valence electrons. The zero-order valence-electron chi connectivity index (χ0n) is 7.47. The standard InChI is InChI=1S/C9H17NO/c1-3-9(11)10-7-5-4-6-8(10)2/h8H,3-7H2,1-2H3/t8-/m1/s1. The van der Waals surface area contributed by atoms with Gasteiger partial charge in [-0.25, -0.2) is 0 Å². The summed E-state index contributed by atoms with van der Waals surface area (Å²) in [7, 11) is 0. The number of hydrogen-bond donors (Lipinski definition) is 0. The molecule has 0 aromatic carbocycles. The van der Waals surface area contributed by atoms with Gasteiger partial charge in [0.25, 0.3) is 0 Å². The summed E-state index contributed by atoms with van der Waals surface area (Å²) in [5, 5.41) is 0. The quantitative estimate of drug-likeness (QED) is 0.565. The van der Waals surface area contributed by atoms with Gasteiger partial charge in [-0.2, -0.15) is 0 Å². The minimum absolute atomic E-state index is 0.317. The highest BCUT2D eigenvalue weighted by atomic mass is 16.2. The molecule has 0 saturated carbocycles. The fourth-order valence-electron chi connectivity index (χ4n) is 1.67. The average molecular weight is 155 g/mol. The maximum Gasteiger partial charge on any atom is 0.222 e. The molecule has 1 aliphatic rings. The molecule has 0 N–H and O–H groups in total. The molecule has 1 amide bonds. The Kier molecular flexibility index (Phi) is 2.92. The van der Waals surface area contributed by atoms with Crippen molar-refractivity contribution < 1.29 is 4.79 Å². The van der Waals surface area contributed by atoms with Crippen LogP contribution in [-0.4, -0.2) is 23.4 Å². The molecule has 1 heterocycles. The third-order valence-corrected chi connectivity index (χ3v) is 2.43. The van der Waals surface area contributed by atoms with Crippen LogP contribution in [0.4, 0.5) is 0 Å². The van der Waals surface area contributed by atoms with Gasteiger partial charge in [-0.15, -0.1) is 0 Å². The first-order chi connectivity index (χ1) is 5.25. The van der Waals surface area contributed by atoms with Gasteiger partial charge in [0.2, 0.25) is 5.91 Å². The van der Waals surface area contributed by atoms with Crippen LogP contribution >= 0.6 is 0 Å². The number of carbonyl (C=O) groups is 1. The van der Waals surface area contributed by atoms with Crippen LogP contribution in [0.15, 0.2) is 0 Å². The molecule has 0 unspecified atom stereocenters. The molecule has 1 aliphatic heterocycles. The number of rotatable bonds is 1. The van der Waals surface area contributed by atoms with E-state index in [1.807, 2.05) is 11.8 Å². The van der Waals surface area contributed by atoms with Crippen LogP contribution in [0.5, 0.6) is 0 Å². The molecule has 1 rings (SSSR count). The third-order valence-electron chi connectivity index (χ3n) is 2.43. The van der Waals surface area contributed by atoms with Gasteiger partial charge in [-0.3, -0.25) is 4.79 Å². The highest BCUT2D eigenvalue weighted by Crippen LogP contribution is 2.16. The van der Waals surface area contributed by atoms with E-state index in [2.05, 4.69) is 6.92 Å². The first kappa shape index (κ1) is 8.57. The van der Waals surface area contributed by atoms with Crippen molar-refractivity contribution >= 4 is 5.91 Å². The second-order valence-electron chi connectivity index (χ2n) is 3.29. The summed E-state index contributed by atoms with van der Waals surface area (Å²) in [4.78, 5) is 13.3. The van der Waals surface area contributed by atoms with E-state index in [9.17, 15) is 4.79 Å². The van der Waals surface area contributed by atoms with Gasteiger partial charge in [-0.05, 0) is 26.2 Å². The van der Waals surface area contributed by atoms with E-state index in [1.165, 1.54) is 19.3 Å². The smallest absolute Gasteiger partial charge is 0.222 e. The van der Waals surface area contributed by atoms with Crippen molar-refractivity contribution in [2.45, 2.75) is 45.6 Å². The van der Waals surface area contributed by atoms with Crippen LogP contribution in [0.2, 0.25) is 0 Å². The molecule has 11 heavy (non-hydrogen) atoms. The summed E-state index contributed by atoms with van der Waals surface area (Å²) in [6.07, 6.45) is 4.32. The molecule has 0 radical (unpaired) electrons. The maximum absolute atomic E-state index is 11.3. The molecule has 0 aromatic heterocycles. The van der Waals surface area contributed by atoms with Crippen LogP contribution in [-0.2, 0) is 4.79 Å². The second-order valence-corrected chi connectivity index (χ2v) is 3.29.